The van der Waals surface area contributed by atoms with E-state index in [4.69, 9.17) is 15.0 Å². The third-order valence-corrected chi connectivity index (χ3v) is 3.59. The van der Waals surface area contributed by atoms with Crippen LogP contribution in [-0.2, 0) is 4.74 Å². The van der Waals surface area contributed by atoms with Crippen molar-refractivity contribution in [1.29, 1.82) is 0 Å². The number of hydrogen-bond acceptors (Lipinski definition) is 5. The van der Waals surface area contributed by atoms with E-state index in [-0.39, 0.29) is 6.04 Å². The Morgan fingerprint density at radius 1 is 1.41 bits per heavy atom. The van der Waals surface area contributed by atoms with Crippen LogP contribution in [0.4, 0.5) is 0 Å². The summed E-state index contributed by atoms with van der Waals surface area (Å²) < 4.78 is 10.6. The van der Waals surface area contributed by atoms with Crippen molar-refractivity contribution in [2.45, 2.75) is 45.1 Å². The van der Waals surface area contributed by atoms with Crippen LogP contribution in [0, 0.1) is 5.92 Å². The van der Waals surface area contributed by atoms with Gasteiger partial charge in [-0.1, -0.05) is 25.4 Å². The molecule has 2 N–H and O–H groups in total. The van der Waals surface area contributed by atoms with Crippen LogP contribution in [0.25, 0.3) is 0 Å². The summed E-state index contributed by atoms with van der Waals surface area (Å²) in [5.74, 6) is 2.09. The van der Waals surface area contributed by atoms with E-state index in [1.54, 1.807) is 0 Å². The van der Waals surface area contributed by atoms with E-state index in [0.29, 0.717) is 17.7 Å². The highest BCUT2D eigenvalue weighted by Gasteiger charge is 2.24. The molecule has 2 unspecified atom stereocenters. The summed E-state index contributed by atoms with van der Waals surface area (Å²) in [7, 11) is 0. The third kappa shape index (κ3) is 2.84. The fourth-order valence-electron chi connectivity index (χ4n) is 2.00. The van der Waals surface area contributed by atoms with E-state index in [9.17, 15) is 0 Å². The lowest BCUT2D eigenvalue weighted by atomic mass is 9.99. The largest absolute Gasteiger partial charge is 0.381 e. The molecule has 1 aromatic rings. The molecule has 0 bridgehead atoms. The minimum atomic E-state index is -0.152. The topological polar surface area (TPSA) is 74.2 Å². The Morgan fingerprint density at radius 2 is 2.12 bits per heavy atom. The normalized spacial score (nSPS) is 21.4. The maximum absolute atomic E-state index is 6.07. The van der Waals surface area contributed by atoms with Gasteiger partial charge in [-0.2, -0.15) is 4.98 Å². The molecule has 2 heterocycles. The molecular weight excluding hydrogens is 218 g/mol. The molecule has 0 amide bonds. The van der Waals surface area contributed by atoms with Gasteiger partial charge in [0, 0.05) is 19.1 Å². The van der Waals surface area contributed by atoms with Crippen LogP contribution in [0.15, 0.2) is 4.52 Å². The van der Waals surface area contributed by atoms with Crippen LogP contribution < -0.4 is 5.73 Å². The van der Waals surface area contributed by atoms with Gasteiger partial charge in [0.05, 0.1) is 6.04 Å². The summed E-state index contributed by atoms with van der Waals surface area (Å²) in [6.45, 7) is 5.78. The number of ether oxygens (including phenoxy) is 1. The van der Waals surface area contributed by atoms with Crippen molar-refractivity contribution in [3.05, 3.63) is 11.7 Å². The van der Waals surface area contributed by atoms with E-state index < -0.39 is 0 Å². The van der Waals surface area contributed by atoms with Crippen LogP contribution in [0.5, 0.6) is 0 Å². The maximum atomic E-state index is 6.07. The van der Waals surface area contributed by atoms with E-state index in [1.807, 2.05) is 0 Å². The summed E-state index contributed by atoms with van der Waals surface area (Å²) >= 11 is 0. The quantitative estimate of drug-likeness (QED) is 0.870. The van der Waals surface area contributed by atoms with Crippen molar-refractivity contribution in [3.63, 3.8) is 0 Å². The fraction of sp³-hybridized carbons (Fsp3) is 0.833. The van der Waals surface area contributed by atoms with Gasteiger partial charge in [-0.05, 0) is 18.8 Å². The average molecular weight is 239 g/mol. The molecule has 96 valence electrons. The molecule has 2 atom stereocenters. The Hall–Kier alpha value is -0.940. The van der Waals surface area contributed by atoms with Gasteiger partial charge in [0.25, 0.3) is 0 Å². The second kappa shape index (κ2) is 5.60. The first-order valence-electron chi connectivity index (χ1n) is 6.39. The minimum Gasteiger partial charge on any atom is -0.381 e. The summed E-state index contributed by atoms with van der Waals surface area (Å²) in [5.41, 5.74) is 6.07. The van der Waals surface area contributed by atoms with E-state index in [0.717, 1.165) is 38.3 Å². The highest BCUT2D eigenvalue weighted by atomic mass is 16.5. The number of hydrogen-bond donors (Lipinski definition) is 1. The lowest BCUT2D eigenvalue weighted by Gasteiger charge is -2.18. The van der Waals surface area contributed by atoms with Gasteiger partial charge in [-0.25, -0.2) is 0 Å². The maximum Gasteiger partial charge on any atom is 0.243 e. The molecule has 0 spiro atoms. The van der Waals surface area contributed by atoms with Crippen LogP contribution in [0.2, 0.25) is 0 Å². The van der Waals surface area contributed by atoms with Gasteiger partial charge < -0.3 is 15.0 Å². The molecule has 1 aliphatic rings. The van der Waals surface area contributed by atoms with Crippen molar-refractivity contribution in [1.82, 2.24) is 10.1 Å². The minimum absolute atomic E-state index is 0.152. The second-order valence-electron chi connectivity index (χ2n) is 4.79. The Bertz CT molecular complexity index is 331. The number of nitrogens with zero attached hydrogens (tertiary/aromatic N) is 2. The molecule has 2 rings (SSSR count). The fourth-order valence-corrected chi connectivity index (χ4v) is 2.00. The third-order valence-electron chi connectivity index (χ3n) is 3.59. The standard InChI is InChI=1S/C12H21N3O2/c1-3-8(2)10(13)12-14-11(15-17-12)9-4-6-16-7-5-9/h8-10H,3-7,13H2,1-2H3. The molecule has 1 aliphatic heterocycles. The monoisotopic (exact) mass is 239 g/mol. The summed E-state index contributed by atoms with van der Waals surface area (Å²) in [6.07, 6.45) is 2.95. The highest BCUT2D eigenvalue weighted by molar-refractivity contribution is 4.99. The lowest BCUT2D eigenvalue weighted by molar-refractivity contribution is 0.0830. The van der Waals surface area contributed by atoms with Crippen molar-refractivity contribution < 1.29 is 9.26 Å². The van der Waals surface area contributed by atoms with Gasteiger partial charge in [0.1, 0.15) is 0 Å². The first-order valence-corrected chi connectivity index (χ1v) is 6.39. The van der Waals surface area contributed by atoms with Crippen molar-refractivity contribution in [3.8, 4) is 0 Å². The molecule has 0 saturated carbocycles. The highest BCUT2D eigenvalue weighted by Crippen LogP contribution is 2.27. The Balaban J connectivity index is 2.04. The Labute approximate surface area is 102 Å². The van der Waals surface area contributed by atoms with Crippen molar-refractivity contribution in [2.24, 2.45) is 11.7 Å². The second-order valence-corrected chi connectivity index (χ2v) is 4.79. The molecule has 17 heavy (non-hydrogen) atoms. The lowest BCUT2D eigenvalue weighted by Crippen LogP contribution is -2.19. The van der Waals surface area contributed by atoms with Crippen molar-refractivity contribution >= 4 is 0 Å². The SMILES string of the molecule is CCC(C)C(N)c1nc(C2CCOCC2)no1. The Morgan fingerprint density at radius 3 is 2.76 bits per heavy atom. The first-order chi connectivity index (χ1) is 8.22. The predicted octanol–water partition coefficient (Wildman–Crippen LogP) is 2.01. The van der Waals surface area contributed by atoms with Crippen LogP contribution >= 0.6 is 0 Å². The molecule has 1 saturated heterocycles. The van der Waals surface area contributed by atoms with E-state index in [1.165, 1.54) is 0 Å². The molecule has 0 aliphatic carbocycles. The van der Waals surface area contributed by atoms with Gasteiger partial charge in [0.2, 0.25) is 5.89 Å². The molecule has 0 radical (unpaired) electrons. The zero-order chi connectivity index (χ0) is 12.3. The van der Waals surface area contributed by atoms with Crippen molar-refractivity contribution in [2.75, 3.05) is 13.2 Å². The summed E-state index contributed by atoms with van der Waals surface area (Å²) in [6, 6.07) is -0.152. The van der Waals surface area contributed by atoms with Gasteiger partial charge in [0.15, 0.2) is 5.82 Å². The zero-order valence-corrected chi connectivity index (χ0v) is 10.6. The molecule has 0 aromatic carbocycles. The van der Waals surface area contributed by atoms with Crippen LogP contribution in [0.1, 0.15) is 56.8 Å². The van der Waals surface area contributed by atoms with Crippen LogP contribution in [-0.4, -0.2) is 23.4 Å². The first kappa shape index (κ1) is 12.5. The van der Waals surface area contributed by atoms with Gasteiger partial charge >= 0.3 is 0 Å². The molecule has 5 heteroatoms. The van der Waals surface area contributed by atoms with Gasteiger partial charge in [-0.3, -0.25) is 0 Å². The Kier molecular flexibility index (Phi) is 4.12. The summed E-state index contributed by atoms with van der Waals surface area (Å²) in [4.78, 5) is 4.44. The molecule has 1 aromatic heterocycles. The average Bonchev–Trinajstić information content (AvgIpc) is 2.87. The zero-order valence-electron chi connectivity index (χ0n) is 10.6. The summed E-state index contributed by atoms with van der Waals surface area (Å²) in [5, 5.41) is 4.06. The van der Waals surface area contributed by atoms with Crippen LogP contribution in [0.3, 0.4) is 0 Å². The molecular formula is C12H21N3O2. The number of rotatable bonds is 4. The smallest absolute Gasteiger partial charge is 0.243 e. The van der Waals surface area contributed by atoms with E-state index >= 15 is 0 Å². The molecule has 1 fully saturated rings. The van der Waals surface area contributed by atoms with E-state index in [2.05, 4.69) is 24.0 Å². The number of aromatic nitrogens is 2. The molecule has 5 nitrogen and oxygen atoms in total. The predicted molar refractivity (Wildman–Crippen MR) is 63.5 cm³/mol. The van der Waals surface area contributed by atoms with Gasteiger partial charge in [-0.15, -0.1) is 0 Å². The number of nitrogens with two attached hydrogens (primary N) is 1.